The fraction of sp³-hybridized carbons (Fsp3) is 0.294. The van der Waals surface area contributed by atoms with Gasteiger partial charge >= 0.3 is 35.6 Å². The van der Waals surface area contributed by atoms with Gasteiger partial charge in [0.25, 0.3) is 0 Å². The van der Waals surface area contributed by atoms with Crippen molar-refractivity contribution in [3.63, 3.8) is 0 Å². The quantitative estimate of drug-likeness (QED) is 0.160. The molecule has 0 saturated heterocycles. The average Bonchev–Trinajstić information content (AvgIpc) is 3.74. The van der Waals surface area contributed by atoms with Crippen molar-refractivity contribution in [2.24, 2.45) is 14.1 Å². The summed E-state index contributed by atoms with van der Waals surface area (Å²) < 4.78 is 4.57. The van der Waals surface area contributed by atoms with E-state index in [0.717, 1.165) is 25.7 Å². The Kier molecular flexibility index (Phi) is 11.1. The van der Waals surface area contributed by atoms with E-state index in [1.54, 1.807) is 0 Å². The van der Waals surface area contributed by atoms with Crippen LogP contribution >= 0.6 is 18.6 Å². The number of hydrogen-bond donors (Lipinski definition) is 0. The molecular weight excluding hydrogens is 583 g/mol. The van der Waals surface area contributed by atoms with Gasteiger partial charge in [-0.3, -0.25) is 12.2 Å². The van der Waals surface area contributed by atoms with Crippen LogP contribution in [0.5, 0.6) is 0 Å². The molecule has 0 aliphatic heterocycles. The number of para-hydroxylation sites is 2. The molecule has 2 aromatic carbocycles. The molecule has 2 aliphatic rings. The molecule has 0 saturated carbocycles. The van der Waals surface area contributed by atoms with Gasteiger partial charge in [-0.2, -0.15) is 23.3 Å². The number of allylic oxidation sites excluding steroid dienone is 6. The second-order valence-corrected chi connectivity index (χ2v) is 13.2. The number of aryl methyl sites for hydroxylation is 2. The second kappa shape index (κ2) is 14.5. The number of aromatic nitrogens is 2. The molecule has 4 aromatic rings. The van der Waals surface area contributed by atoms with Crippen molar-refractivity contribution < 1.29 is 17.0 Å². The normalized spacial score (nSPS) is 14.0. The third-order valence-electron chi connectivity index (χ3n) is 7.62. The van der Waals surface area contributed by atoms with E-state index >= 15 is 0 Å². The first-order valence-corrected chi connectivity index (χ1v) is 18.0. The first kappa shape index (κ1) is 31.3. The van der Waals surface area contributed by atoms with Crippen molar-refractivity contribution in [3.8, 4) is 0 Å². The summed E-state index contributed by atoms with van der Waals surface area (Å²) in [5.74, 6) is 0. The predicted octanol–water partition coefficient (Wildman–Crippen LogP) is 7.98. The SMILES string of the molecule is CN(C)C1=CC[C-]=C1Cc1cc2ccccc2n1C.CN(C)C1=CC[C-]=C1Cc1cc2ccccc2n1C.[Cl][Ti][Cl]. The van der Waals surface area contributed by atoms with Crippen molar-refractivity contribution in [3.05, 3.63) is 119 Å². The Morgan fingerprint density at radius 3 is 1.39 bits per heavy atom. The van der Waals surface area contributed by atoms with Gasteiger partial charge in [0.15, 0.2) is 0 Å². The number of rotatable bonds is 6. The van der Waals surface area contributed by atoms with Crippen LogP contribution in [-0.2, 0) is 44.0 Å². The van der Waals surface area contributed by atoms with Gasteiger partial charge in [-0.15, -0.1) is 24.2 Å². The molecule has 4 nitrogen and oxygen atoms in total. The maximum atomic E-state index is 4.89. The van der Waals surface area contributed by atoms with Crippen LogP contribution in [0.2, 0.25) is 0 Å². The molecule has 0 unspecified atom stereocenters. The van der Waals surface area contributed by atoms with Crippen LogP contribution in [0.4, 0.5) is 0 Å². The van der Waals surface area contributed by atoms with E-state index in [-0.39, 0.29) is 0 Å². The summed E-state index contributed by atoms with van der Waals surface area (Å²) in [6, 6.07) is 21.7. The van der Waals surface area contributed by atoms with Crippen molar-refractivity contribution in [2.45, 2.75) is 25.7 Å². The van der Waals surface area contributed by atoms with E-state index in [9.17, 15) is 0 Å². The van der Waals surface area contributed by atoms with Gasteiger partial charge in [0.1, 0.15) is 0 Å². The van der Waals surface area contributed by atoms with E-state index in [4.69, 9.17) is 18.6 Å². The molecule has 2 aromatic heterocycles. The average molecular weight is 621 g/mol. The number of nitrogens with zero attached hydrogens (tertiary/aromatic N) is 4. The van der Waals surface area contributed by atoms with Crippen LogP contribution in [0.3, 0.4) is 0 Å². The third kappa shape index (κ3) is 7.42. The van der Waals surface area contributed by atoms with Gasteiger partial charge in [-0.1, -0.05) is 36.4 Å². The first-order valence-electron chi connectivity index (χ1n) is 13.7. The van der Waals surface area contributed by atoms with Gasteiger partial charge in [0, 0.05) is 36.5 Å². The molecule has 0 bridgehead atoms. The molecule has 41 heavy (non-hydrogen) atoms. The molecule has 0 N–H and O–H groups in total. The Hall–Kier alpha value is -2.63. The zero-order valence-corrected chi connectivity index (χ0v) is 27.9. The Bertz CT molecular complexity index is 1500. The Morgan fingerprint density at radius 1 is 0.683 bits per heavy atom. The molecule has 0 amide bonds. The monoisotopic (exact) mass is 620 g/mol. The number of hydrogen-bond acceptors (Lipinski definition) is 2. The standard InChI is InChI=1S/2C17H19N2.2ClH.Ti/c2*1-18(2)16-10-6-8-13(16)11-15-12-14-7-4-5-9-17(14)19(15)3;;;/h2*4-5,7,9-10,12H,6,11H2,1-3H3;2*1H;/q2*-1;;;+2/p-2. The van der Waals surface area contributed by atoms with Crippen LogP contribution in [0.1, 0.15) is 24.2 Å². The molecule has 0 fully saturated rings. The van der Waals surface area contributed by atoms with Crippen LogP contribution in [0.15, 0.2) is 95.4 Å². The molecule has 6 rings (SSSR count). The van der Waals surface area contributed by atoms with Crippen molar-refractivity contribution >= 4 is 40.4 Å². The van der Waals surface area contributed by atoms with E-state index in [0.29, 0.717) is 0 Å². The molecular formula is C34H38Cl2N4Ti-2. The first-order chi connectivity index (χ1) is 19.7. The number of halogens is 2. The topological polar surface area (TPSA) is 16.3 Å². The van der Waals surface area contributed by atoms with E-state index in [1.807, 2.05) is 0 Å². The summed E-state index contributed by atoms with van der Waals surface area (Å²) in [6.07, 6.45) is 15.2. The van der Waals surface area contributed by atoms with Crippen LogP contribution in [-0.4, -0.2) is 47.1 Å². The summed E-state index contributed by atoms with van der Waals surface area (Å²) in [5.41, 5.74) is 10.5. The number of benzene rings is 2. The predicted molar refractivity (Wildman–Crippen MR) is 171 cm³/mol. The minimum absolute atomic E-state index is 0.556. The zero-order valence-electron chi connectivity index (χ0n) is 24.8. The van der Waals surface area contributed by atoms with E-state index in [1.165, 1.54) is 55.7 Å². The number of fused-ring (bicyclic) bond motifs is 2. The molecule has 7 heteroatoms. The fourth-order valence-electron chi connectivity index (χ4n) is 5.57. The van der Waals surface area contributed by atoms with E-state index in [2.05, 4.69) is 146 Å². The summed E-state index contributed by atoms with van der Waals surface area (Å²) in [7, 11) is 22.5. The number of likely N-dealkylation sites (N-methyl/N-ethyl adjacent to an activating group) is 2. The Morgan fingerprint density at radius 2 is 1.05 bits per heavy atom. The van der Waals surface area contributed by atoms with Crippen LogP contribution in [0.25, 0.3) is 21.8 Å². The zero-order chi connectivity index (χ0) is 29.5. The molecule has 0 spiro atoms. The van der Waals surface area contributed by atoms with Gasteiger partial charge in [-0.25, -0.2) is 0 Å². The van der Waals surface area contributed by atoms with Gasteiger partial charge in [0.2, 0.25) is 0 Å². The Labute approximate surface area is 261 Å². The van der Waals surface area contributed by atoms with Gasteiger partial charge < -0.3 is 18.9 Å². The van der Waals surface area contributed by atoms with E-state index < -0.39 is 17.0 Å². The van der Waals surface area contributed by atoms with Crippen molar-refractivity contribution in [2.75, 3.05) is 28.2 Å². The molecule has 2 aliphatic carbocycles. The van der Waals surface area contributed by atoms with Crippen LogP contribution in [0, 0.1) is 12.2 Å². The van der Waals surface area contributed by atoms with Crippen LogP contribution < -0.4 is 0 Å². The summed E-state index contributed by atoms with van der Waals surface area (Å²) in [4.78, 5) is 4.36. The maximum absolute atomic E-state index is 4.89. The summed E-state index contributed by atoms with van der Waals surface area (Å²) in [6.45, 7) is 0. The second-order valence-electron chi connectivity index (χ2n) is 10.6. The minimum atomic E-state index is -0.556. The summed E-state index contributed by atoms with van der Waals surface area (Å²) >= 11 is -0.556. The van der Waals surface area contributed by atoms with Gasteiger partial charge in [0.05, 0.1) is 0 Å². The molecule has 214 valence electrons. The van der Waals surface area contributed by atoms with Gasteiger partial charge in [-0.05, 0) is 76.1 Å². The third-order valence-corrected chi connectivity index (χ3v) is 7.62. The summed E-state index contributed by atoms with van der Waals surface area (Å²) in [5, 5.41) is 2.63. The molecule has 0 radical (unpaired) electrons. The van der Waals surface area contributed by atoms with Crippen molar-refractivity contribution in [1.29, 1.82) is 0 Å². The molecule has 0 atom stereocenters. The Balaban J connectivity index is 0.000000173. The molecule has 2 heterocycles. The van der Waals surface area contributed by atoms with Crippen molar-refractivity contribution in [1.82, 2.24) is 18.9 Å². The fourth-order valence-corrected chi connectivity index (χ4v) is 5.57.